The lowest BCUT2D eigenvalue weighted by Crippen LogP contribution is -1.94. The highest BCUT2D eigenvalue weighted by molar-refractivity contribution is 5.81. The van der Waals surface area contributed by atoms with Crippen molar-refractivity contribution < 1.29 is 4.39 Å². The number of halogens is 1. The molecule has 3 rings (SSSR count). The van der Waals surface area contributed by atoms with Crippen LogP contribution >= 0.6 is 0 Å². The van der Waals surface area contributed by atoms with E-state index in [2.05, 4.69) is 20.3 Å². The van der Waals surface area contributed by atoms with E-state index in [0.717, 1.165) is 5.52 Å². The van der Waals surface area contributed by atoms with E-state index >= 15 is 0 Å². The summed E-state index contributed by atoms with van der Waals surface area (Å²) in [5.41, 5.74) is 7.66. The summed E-state index contributed by atoms with van der Waals surface area (Å²) < 4.78 is 13.8. The van der Waals surface area contributed by atoms with Crippen molar-refractivity contribution in [3.63, 3.8) is 0 Å². The van der Waals surface area contributed by atoms with Crippen LogP contribution in [-0.2, 0) is 0 Å². The van der Waals surface area contributed by atoms with E-state index in [1.54, 1.807) is 19.2 Å². The van der Waals surface area contributed by atoms with Crippen molar-refractivity contribution in [2.45, 2.75) is 0 Å². The summed E-state index contributed by atoms with van der Waals surface area (Å²) >= 11 is 0. The fourth-order valence-corrected chi connectivity index (χ4v) is 1.94. The van der Waals surface area contributed by atoms with Crippen LogP contribution in [-0.4, -0.2) is 22.0 Å². The molecule has 1 aromatic carbocycles. The van der Waals surface area contributed by atoms with Crippen LogP contribution in [0.4, 0.5) is 15.9 Å². The van der Waals surface area contributed by atoms with Crippen LogP contribution in [0.15, 0.2) is 30.3 Å². The number of aromatic amines is 1. The number of hydrogen-bond acceptors (Lipinski definition) is 4. The Hall–Kier alpha value is -2.63. The number of nitrogen functional groups attached to an aromatic ring is 1. The van der Waals surface area contributed by atoms with E-state index in [4.69, 9.17) is 5.73 Å². The molecule has 0 aliphatic carbocycles. The Morgan fingerprint density at radius 1 is 1.21 bits per heavy atom. The average Bonchev–Trinajstić information content (AvgIpc) is 2.80. The zero-order valence-corrected chi connectivity index (χ0v) is 10.2. The summed E-state index contributed by atoms with van der Waals surface area (Å²) in [6.07, 6.45) is 0. The normalized spacial score (nSPS) is 10.8. The summed E-state index contributed by atoms with van der Waals surface area (Å²) in [5.74, 6) is 0.673. The maximum absolute atomic E-state index is 13.8. The highest BCUT2D eigenvalue weighted by Crippen LogP contribution is 2.28. The number of aromatic nitrogens is 3. The molecule has 0 aliphatic heterocycles. The van der Waals surface area contributed by atoms with Crippen LogP contribution in [0.3, 0.4) is 0 Å². The minimum atomic E-state index is -0.409. The highest BCUT2D eigenvalue weighted by Gasteiger charge is 2.13. The van der Waals surface area contributed by atoms with Gasteiger partial charge in [0.1, 0.15) is 17.5 Å². The Kier molecular flexibility index (Phi) is 2.56. The van der Waals surface area contributed by atoms with Crippen molar-refractivity contribution in [2.75, 3.05) is 18.1 Å². The monoisotopic (exact) mass is 257 g/mol. The lowest BCUT2D eigenvalue weighted by atomic mass is 10.1. The Balaban J connectivity index is 2.21. The first-order valence-electron chi connectivity index (χ1n) is 5.78. The largest absolute Gasteiger partial charge is 0.398 e. The van der Waals surface area contributed by atoms with Crippen molar-refractivity contribution >= 4 is 22.7 Å². The minimum Gasteiger partial charge on any atom is -0.398 e. The Morgan fingerprint density at radius 3 is 2.79 bits per heavy atom. The second-order valence-electron chi connectivity index (χ2n) is 4.11. The highest BCUT2D eigenvalue weighted by atomic mass is 19.1. The maximum Gasteiger partial charge on any atom is 0.180 e. The zero-order chi connectivity index (χ0) is 13.4. The van der Waals surface area contributed by atoms with Crippen LogP contribution in [0.5, 0.6) is 0 Å². The van der Waals surface area contributed by atoms with Crippen LogP contribution < -0.4 is 11.1 Å². The molecule has 5 nitrogen and oxygen atoms in total. The summed E-state index contributed by atoms with van der Waals surface area (Å²) in [4.78, 5) is 11.6. The molecule has 6 heteroatoms. The molecule has 0 aliphatic rings. The smallest absolute Gasteiger partial charge is 0.180 e. The predicted molar refractivity (Wildman–Crippen MR) is 73.2 cm³/mol. The number of nitrogens with two attached hydrogens (primary N) is 1. The van der Waals surface area contributed by atoms with E-state index in [1.165, 1.54) is 6.07 Å². The molecule has 0 atom stereocenters. The molecular formula is C13H12FN5. The first-order valence-corrected chi connectivity index (χ1v) is 5.78. The number of nitrogens with zero attached hydrogens (tertiary/aromatic N) is 2. The Bertz CT molecular complexity index is 730. The summed E-state index contributed by atoms with van der Waals surface area (Å²) in [6, 6.07) is 8.20. The van der Waals surface area contributed by atoms with Crippen LogP contribution in [0.25, 0.3) is 22.6 Å². The number of benzene rings is 1. The quantitative estimate of drug-likeness (QED) is 0.616. The van der Waals surface area contributed by atoms with Gasteiger partial charge in [0.15, 0.2) is 5.65 Å². The van der Waals surface area contributed by atoms with Crippen molar-refractivity contribution in [3.05, 3.63) is 36.1 Å². The fraction of sp³-hybridized carbons (Fsp3) is 0.0769. The third-order valence-electron chi connectivity index (χ3n) is 2.88. The molecule has 3 aromatic rings. The van der Waals surface area contributed by atoms with Crippen LogP contribution in [0.1, 0.15) is 0 Å². The van der Waals surface area contributed by atoms with Crippen LogP contribution in [0.2, 0.25) is 0 Å². The molecule has 0 bridgehead atoms. The van der Waals surface area contributed by atoms with Gasteiger partial charge in [0.25, 0.3) is 0 Å². The minimum absolute atomic E-state index is 0.270. The number of pyridine rings is 1. The predicted octanol–water partition coefficient (Wildman–Crippen LogP) is 2.39. The first-order chi connectivity index (χ1) is 9.19. The number of nitrogens with one attached hydrogen (secondary N) is 2. The fourth-order valence-electron chi connectivity index (χ4n) is 1.94. The molecule has 0 radical (unpaired) electrons. The molecule has 19 heavy (non-hydrogen) atoms. The van der Waals surface area contributed by atoms with Gasteiger partial charge < -0.3 is 16.0 Å². The van der Waals surface area contributed by atoms with Gasteiger partial charge in [-0.05, 0) is 24.3 Å². The summed E-state index contributed by atoms with van der Waals surface area (Å²) in [5, 5.41) is 2.93. The number of hydrogen-bond donors (Lipinski definition) is 3. The summed E-state index contributed by atoms with van der Waals surface area (Å²) in [6.45, 7) is 0. The zero-order valence-electron chi connectivity index (χ0n) is 10.2. The van der Waals surface area contributed by atoms with Gasteiger partial charge >= 0.3 is 0 Å². The average molecular weight is 257 g/mol. The molecule has 2 heterocycles. The number of fused-ring (bicyclic) bond motifs is 1. The van der Waals surface area contributed by atoms with Gasteiger partial charge in [-0.15, -0.1) is 0 Å². The van der Waals surface area contributed by atoms with Gasteiger partial charge in [0, 0.05) is 12.7 Å². The van der Waals surface area contributed by atoms with E-state index < -0.39 is 5.82 Å². The summed E-state index contributed by atoms with van der Waals surface area (Å²) in [7, 11) is 1.77. The Morgan fingerprint density at radius 2 is 2.05 bits per heavy atom. The van der Waals surface area contributed by atoms with Gasteiger partial charge in [-0.25, -0.2) is 14.4 Å². The molecular weight excluding hydrogens is 245 g/mol. The van der Waals surface area contributed by atoms with Gasteiger partial charge in [-0.2, -0.15) is 0 Å². The molecule has 0 amide bonds. The van der Waals surface area contributed by atoms with Crippen molar-refractivity contribution in [3.8, 4) is 11.4 Å². The van der Waals surface area contributed by atoms with Crippen molar-refractivity contribution in [1.82, 2.24) is 15.0 Å². The molecule has 0 unspecified atom stereocenters. The van der Waals surface area contributed by atoms with Crippen LogP contribution in [0, 0.1) is 5.82 Å². The second kappa shape index (κ2) is 4.24. The third kappa shape index (κ3) is 1.87. The van der Waals surface area contributed by atoms with Gasteiger partial charge in [-0.3, -0.25) is 0 Å². The Labute approximate surface area is 108 Å². The lowest BCUT2D eigenvalue weighted by molar-refractivity contribution is 0.631. The van der Waals surface area contributed by atoms with E-state index in [0.29, 0.717) is 23.0 Å². The van der Waals surface area contributed by atoms with E-state index in [-0.39, 0.29) is 5.56 Å². The molecule has 0 saturated heterocycles. The van der Waals surface area contributed by atoms with E-state index in [1.807, 2.05) is 12.1 Å². The number of anilines is 2. The number of rotatable bonds is 2. The molecule has 96 valence electrons. The lowest BCUT2D eigenvalue weighted by Gasteiger charge is -2.02. The van der Waals surface area contributed by atoms with E-state index in [9.17, 15) is 4.39 Å². The third-order valence-corrected chi connectivity index (χ3v) is 2.88. The standard InChI is InChI=1S/C13H12FN5/c1-16-10-6-5-9-12(18-10)19-13(17-9)11-7(14)3-2-4-8(11)15/h2-6H,15H2,1H3,(H2,16,17,18,19). The van der Waals surface area contributed by atoms with Gasteiger partial charge in [-0.1, -0.05) is 6.07 Å². The molecule has 0 saturated carbocycles. The topological polar surface area (TPSA) is 79.6 Å². The van der Waals surface area contributed by atoms with Crippen molar-refractivity contribution in [2.24, 2.45) is 0 Å². The molecule has 4 N–H and O–H groups in total. The number of H-pyrrole nitrogens is 1. The SMILES string of the molecule is CNc1ccc2[nH]c(-c3c(N)cccc3F)nc2n1. The second-order valence-corrected chi connectivity index (χ2v) is 4.11. The van der Waals surface area contributed by atoms with Gasteiger partial charge in [0.05, 0.1) is 11.1 Å². The van der Waals surface area contributed by atoms with Gasteiger partial charge in [0.2, 0.25) is 0 Å². The maximum atomic E-state index is 13.8. The first kappa shape index (κ1) is 11.5. The number of imidazole rings is 1. The molecule has 0 spiro atoms. The molecule has 2 aromatic heterocycles. The molecule has 0 fully saturated rings. The van der Waals surface area contributed by atoms with Crippen molar-refractivity contribution in [1.29, 1.82) is 0 Å².